The first-order valence-electron chi connectivity index (χ1n) is 6.28. The number of rotatable bonds is 1. The smallest absolute Gasteiger partial charge is 0.398 e. The van der Waals surface area contributed by atoms with Gasteiger partial charge in [0.25, 0.3) is 0 Å². The van der Waals surface area contributed by atoms with E-state index in [-0.39, 0.29) is 10.9 Å². The van der Waals surface area contributed by atoms with E-state index in [1.165, 1.54) is 0 Å². The first-order chi connectivity index (χ1) is 10.2. The van der Waals surface area contributed by atoms with Gasteiger partial charge in [-0.2, -0.15) is 13.2 Å². The van der Waals surface area contributed by atoms with Gasteiger partial charge in [0.2, 0.25) is 0 Å². The molecule has 1 aliphatic rings. The van der Waals surface area contributed by atoms with Gasteiger partial charge >= 0.3 is 6.18 Å². The minimum atomic E-state index is -4.63. The summed E-state index contributed by atoms with van der Waals surface area (Å²) in [6, 6.07) is 7.02. The van der Waals surface area contributed by atoms with Crippen molar-refractivity contribution in [2.75, 3.05) is 5.73 Å². The van der Waals surface area contributed by atoms with Crippen molar-refractivity contribution in [3.8, 4) is 0 Å². The molecule has 0 bridgehead atoms. The van der Waals surface area contributed by atoms with Gasteiger partial charge in [0.1, 0.15) is 0 Å². The van der Waals surface area contributed by atoms with E-state index < -0.39 is 17.5 Å². The average Bonchev–Trinajstić information content (AvgIpc) is 2.83. The summed E-state index contributed by atoms with van der Waals surface area (Å²) in [6.45, 7) is 0. The summed E-state index contributed by atoms with van der Waals surface area (Å²) < 4.78 is 40.4. The Morgan fingerprint density at radius 2 is 2.00 bits per heavy atom. The maximum atomic E-state index is 12.9. The molecule has 1 aromatic heterocycles. The van der Waals surface area contributed by atoms with Crippen molar-refractivity contribution < 1.29 is 13.2 Å². The first kappa shape index (κ1) is 15.2. The number of nitrogens with zero attached hydrogens (tertiary/aromatic N) is 2. The molecule has 22 heavy (non-hydrogen) atoms. The molecule has 3 nitrogen and oxygen atoms in total. The topological polar surface area (TPSA) is 43.3 Å². The van der Waals surface area contributed by atoms with Gasteiger partial charge in [-0.25, -0.2) is 4.99 Å². The van der Waals surface area contributed by atoms with Crippen molar-refractivity contribution in [3.63, 3.8) is 0 Å². The molecule has 116 valence electrons. The molecule has 0 spiro atoms. The summed E-state index contributed by atoms with van der Waals surface area (Å²) in [6.07, 6.45) is -2.86. The highest BCUT2D eigenvalue weighted by atomic mass is 35.5. The molecule has 0 fully saturated rings. The monoisotopic (exact) mass is 347 g/mol. The second-order valence-corrected chi connectivity index (χ2v) is 6.12. The van der Waals surface area contributed by atoms with Crippen LogP contribution >= 0.6 is 23.2 Å². The van der Waals surface area contributed by atoms with E-state index >= 15 is 0 Å². The maximum absolute atomic E-state index is 12.9. The molecule has 1 aromatic carbocycles. The van der Waals surface area contributed by atoms with Gasteiger partial charge in [0, 0.05) is 29.9 Å². The van der Waals surface area contributed by atoms with Crippen molar-refractivity contribution in [1.82, 2.24) is 4.57 Å². The average molecular weight is 348 g/mol. The van der Waals surface area contributed by atoms with Gasteiger partial charge in [-0.1, -0.05) is 17.7 Å². The molecule has 2 aromatic rings. The van der Waals surface area contributed by atoms with E-state index in [1.807, 2.05) is 0 Å². The van der Waals surface area contributed by atoms with Crippen LogP contribution in [0.15, 0.2) is 40.5 Å². The Labute approximate surface area is 133 Å². The summed E-state index contributed by atoms with van der Waals surface area (Å²) in [7, 11) is 0. The third-order valence-corrected chi connectivity index (χ3v) is 4.26. The zero-order valence-electron chi connectivity index (χ0n) is 11.0. The molecule has 1 aliphatic heterocycles. The molecule has 0 saturated carbocycles. The van der Waals surface area contributed by atoms with Crippen LogP contribution in [0.3, 0.4) is 0 Å². The number of hydrogen-bond donors (Lipinski definition) is 1. The molecule has 0 saturated heterocycles. The quantitative estimate of drug-likeness (QED) is 0.594. The molecule has 0 radical (unpaired) electrons. The molecule has 0 aliphatic carbocycles. The van der Waals surface area contributed by atoms with Crippen molar-refractivity contribution in [1.29, 1.82) is 0 Å². The number of aliphatic imine (C=N–C) groups is 1. The lowest BCUT2D eigenvalue weighted by atomic mass is 10.0. The number of allylic oxidation sites excluding steroid dienone is 1. The van der Waals surface area contributed by atoms with Crippen LogP contribution in [0.2, 0.25) is 0 Å². The predicted molar refractivity (Wildman–Crippen MR) is 83.2 cm³/mol. The fraction of sp³-hybridized carbons (Fsp3) is 0.214. The van der Waals surface area contributed by atoms with Crippen molar-refractivity contribution >= 4 is 51.8 Å². The van der Waals surface area contributed by atoms with E-state index in [0.717, 1.165) is 5.39 Å². The number of fused-ring (bicyclic) bond motifs is 1. The number of benzene rings is 1. The lowest BCUT2D eigenvalue weighted by Gasteiger charge is -2.28. The maximum Gasteiger partial charge on any atom is 0.412 e. The van der Waals surface area contributed by atoms with E-state index in [1.54, 1.807) is 35.0 Å². The van der Waals surface area contributed by atoms with Crippen LogP contribution < -0.4 is 5.73 Å². The van der Waals surface area contributed by atoms with Crippen LogP contribution in [-0.4, -0.2) is 21.8 Å². The standard InChI is InChI=1S/C14H10Cl2F3N3/c15-9-6-13(16,14(17,18)19)7-21-12(9)22-5-4-8-10(20)2-1-3-11(8)22/h1-5,7H,6,20H2. The van der Waals surface area contributed by atoms with Gasteiger partial charge in [-0.3, -0.25) is 0 Å². The zero-order valence-corrected chi connectivity index (χ0v) is 12.5. The normalized spacial score (nSPS) is 22.6. The van der Waals surface area contributed by atoms with E-state index in [4.69, 9.17) is 28.9 Å². The third kappa shape index (κ3) is 2.27. The van der Waals surface area contributed by atoms with Gasteiger partial charge in [-0.05, 0) is 18.2 Å². The second kappa shape index (κ2) is 4.93. The molecule has 8 heteroatoms. The Morgan fingerprint density at radius 3 is 2.64 bits per heavy atom. The number of aromatic nitrogens is 1. The first-order valence-corrected chi connectivity index (χ1v) is 7.04. The predicted octanol–water partition coefficient (Wildman–Crippen LogP) is 4.60. The van der Waals surface area contributed by atoms with E-state index in [9.17, 15) is 13.2 Å². The number of alkyl halides is 4. The molecule has 0 amide bonds. The highest BCUT2D eigenvalue weighted by Gasteiger charge is 2.54. The number of hydrogen-bond acceptors (Lipinski definition) is 2. The molecular weight excluding hydrogens is 338 g/mol. The van der Waals surface area contributed by atoms with Gasteiger partial charge in [-0.15, -0.1) is 11.6 Å². The number of nitrogen functional groups attached to an aromatic ring is 1. The van der Waals surface area contributed by atoms with Crippen LogP contribution in [0.5, 0.6) is 0 Å². The number of anilines is 1. The van der Waals surface area contributed by atoms with Gasteiger partial charge < -0.3 is 10.3 Å². The minimum absolute atomic E-state index is 0.0604. The zero-order chi connectivity index (χ0) is 16.1. The van der Waals surface area contributed by atoms with Crippen molar-refractivity contribution in [2.24, 2.45) is 4.99 Å². The van der Waals surface area contributed by atoms with Gasteiger partial charge in [0.05, 0.1) is 10.5 Å². The van der Waals surface area contributed by atoms with Crippen LogP contribution in [0.1, 0.15) is 6.42 Å². The Hall–Kier alpha value is -1.66. The lowest BCUT2D eigenvalue weighted by Crippen LogP contribution is -2.42. The molecular formula is C14H10Cl2F3N3. The third-order valence-electron chi connectivity index (χ3n) is 3.51. The lowest BCUT2D eigenvalue weighted by molar-refractivity contribution is -0.143. The number of nitrogens with two attached hydrogens (primary N) is 1. The summed E-state index contributed by atoms with van der Waals surface area (Å²) in [5.41, 5.74) is 7.14. The van der Waals surface area contributed by atoms with Gasteiger partial charge in [0.15, 0.2) is 10.7 Å². The molecule has 1 unspecified atom stereocenters. The summed E-state index contributed by atoms with van der Waals surface area (Å²) in [4.78, 5) is 1.27. The van der Waals surface area contributed by atoms with E-state index in [2.05, 4.69) is 4.99 Å². The largest absolute Gasteiger partial charge is 0.412 e. The molecule has 1 atom stereocenters. The second-order valence-electron chi connectivity index (χ2n) is 4.99. The van der Waals surface area contributed by atoms with Crippen LogP contribution in [0.4, 0.5) is 18.9 Å². The summed E-state index contributed by atoms with van der Waals surface area (Å²) in [5, 5.41) is 0.711. The summed E-state index contributed by atoms with van der Waals surface area (Å²) >= 11 is 11.6. The molecule has 2 N–H and O–H groups in total. The number of halogens is 5. The van der Waals surface area contributed by atoms with Crippen LogP contribution in [-0.2, 0) is 0 Å². The Kier molecular flexibility index (Phi) is 3.41. The van der Waals surface area contributed by atoms with Crippen LogP contribution in [0, 0.1) is 0 Å². The highest BCUT2D eigenvalue weighted by molar-refractivity contribution is 6.38. The van der Waals surface area contributed by atoms with Crippen LogP contribution in [0.25, 0.3) is 16.7 Å². The Balaban J connectivity index is 2.08. The highest BCUT2D eigenvalue weighted by Crippen LogP contribution is 2.44. The summed E-state index contributed by atoms with van der Waals surface area (Å²) in [5.74, 6) is 0.211. The fourth-order valence-corrected chi connectivity index (χ4v) is 2.93. The molecule has 3 rings (SSSR count). The Morgan fingerprint density at radius 1 is 1.27 bits per heavy atom. The SMILES string of the molecule is Nc1cccc2c1ccn2C1=C(Cl)CC(Cl)(C(F)(F)F)C=N1. The Bertz CT molecular complexity index is 807. The van der Waals surface area contributed by atoms with E-state index in [0.29, 0.717) is 17.4 Å². The minimum Gasteiger partial charge on any atom is -0.398 e. The van der Waals surface area contributed by atoms with Crippen molar-refractivity contribution in [2.45, 2.75) is 17.5 Å². The molecule has 2 heterocycles. The van der Waals surface area contributed by atoms with Crippen molar-refractivity contribution in [3.05, 3.63) is 35.5 Å². The fourth-order valence-electron chi connectivity index (χ4n) is 2.33.